The van der Waals surface area contributed by atoms with Crippen molar-refractivity contribution in [2.75, 3.05) is 11.9 Å². The number of hydrogen-bond acceptors (Lipinski definition) is 3. The molecule has 1 rings (SSSR count). The van der Waals surface area contributed by atoms with Crippen molar-refractivity contribution in [2.45, 2.75) is 33.4 Å². The van der Waals surface area contributed by atoms with Crippen LogP contribution in [0.15, 0.2) is 18.2 Å². The minimum atomic E-state index is 0.500. The first-order valence-electron chi connectivity index (χ1n) is 5.15. The van der Waals surface area contributed by atoms with E-state index >= 15 is 0 Å². The molecule has 0 amide bonds. The first-order chi connectivity index (χ1) is 6.72. The molecule has 0 spiro atoms. The van der Waals surface area contributed by atoms with E-state index in [1.807, 2.05) is 18.2 Å². The van der Waals surface area contributed by atoms with Crippen LogP contribution in [-0.4, -0.2) is 17.6 Å². The standard InChI is InChI=1S/C11H19N3/c1-4-12-11-7-5-6-10(14-11)8-13-9(2)3/h5-7,9,13H,4,8H2,1-3H3,(H,12,14). The van der Waals surface area contributed by atoms with Crippen molar-refractivity contribution in [1.29, 1.82) is 0 Å². The lowest BCUT2D eigenvalue weighted by molar-refractivity contribution is 0.582. The minimum Gasteiger partial charge on any atom is -0.370 e. The Morgan fingerprint density at radius 2 is 2.14 bits per heavy atom. The van der Waals surface area contributed by atoms with E-state index in [1.54, 1.807) is 0 Å². The van der Waals surface area contributed by atoms with Crippen molar-refractivity contribution < 1.29 is 0 Å². The highest BCUT2D eigenvalue weighted by atomic mass is 15.0. The van der Waals surface area contributed by atoms with Crippen LogP contribution in [0.25, 0.3) is 0 Å². The lowest BCUT2D eigenvalue weighted by Crippen LogP contribution is -2.22. The molecule has 1 aromatic heterocycles. The van der Waals surface area contributed by atoms with E-state index in [-0.39, 0.29) is 0 Å². The smallest absolute Gasteiger partial charge is 0.126 e. The second-order valence-electron chi connectivity index (χ2n) is 3.58. The van der Waals surface area contributed by atoms with Crippen molar-refractivity contribution >= 4 is 5.82 Å². The Balaban J connectivity index is 2.54. The zero-order chi connectivity index (χ0) is 10.4. The van der Waals surface area contributed by atoms with Gasteiger partial charge in [-0.15, -0.1) is 0 Å². The van der Waals surface area contributed by atoms with Gasteiger partial charge in [0, 0.05) is 19.1 Å². The fraction of sp³-hybridized carbons (Fsp3) is 0.545. The Hall–Kier alpha value is -1.09. The van der Waals surface area contributed by atoms with Crippen LogP contribution in [0.4, 0.5) is 5.82 Å². The number of nitrogens with one attached hydrogen (secondary N) is 2. The first-order valence-corrected chi connectivity index (χ1v) is 5.15. The first kappa shape index (κ1) is 11.0. The molecular weight excluding hydrogens is 174 g/mol. The summed E-state index contributed by atoms with van der Waals surface area (Å²) in [7, 11) is 0. The molecule has 0 aliphatic rings. The van der Waals surface area contributed by atoms with Crippen molar-refractivity contribution in [3.63, 3.8) is 0 Å². The van der Waals surface area contributed by atoms with E-state index in [0.717, 1.165) is 24.6 Å². The molecule has 0 aliphatic carbocycles. The predicted molar refractivity (Wildman–Crippen MR) is 60.4 cm³/mol. The zero-order valence-electron chi connectivity index (χ0n) is 9.17. The molecule has 0 aromatic carbocycles. The molecule has 0 saturated heterocycles. The number of nitrogens with zero attached hydrogens (tertiary/aromatic N) is 1. The van der Waals surface area contributed by atoms with Crippen molar-refractivity contribution in [3.05, 3.63) is 23.9 Å². The van der Waals surface area contributed by atoms with Crippen LogP contribution in [-0.2, 0) is 6.54 Å². The van der Waals surface area contributed by atoms with Crippen molar-refractivity contribution in [1.82, 2.24) is 10.3 Å². The summed E-state index contributed by atoms with van der Waals surface area (Å²) in [5, 5.41) is 6.54. The Morgan fingerprint density at radius 1 is 1.36 bits per heavy atom. The van der Waals surface area contributed by atoms with Gasteiger partial charge >= 0.3 is 0 Å². The molecule has 1 heterocycles. The summed E-state index contributed by atoms with van der Waals surface area (Å²) in [5.41, 5.74) is 1.08. The van der Waals surface area contributed by atoms with Gasteiger partial charge in [-0.1, -0.05) is 19.9 Å². The topological polar surface area (TPSA) is 37.0 Å². The van der Waals surface area contributed by atoms with Crippen LogP contribution in [0.5, 0.6) is 0 Å². The fourth-order valence-electron chi connectivity index (χ4n) is 1.17. The van der Waals surface area contributed by atoms with Gasteiger partial charge in [-0.25, -0.2) is 4.98 Å². The molecule has 1 aromatic rings. The second-order valence-corrected chi connectivity index (χ2v) is 3.58. The Labute approximate surface area is 85.9 Å². The number of pyridine rings is 1. The Morgan fingerprint density at radius 3 is 2.79 bits per heavy atom. The molecule has 3 nitrogen and oxygen atoms in total. The van der Waals surface area contributed by atoms with Gasteiger partial charge < -0.3 is 10.6 Å². The van der Waals surface area contributed by atoms with Crippen LogP contribution in [0.1, 0.15) is 26.5 Å². The summed E-state index contributed by atoms with van der Waals surface area (Å²) < 4.78 is 0. The molecule has 78 valence electrons. The van der Waals surface area contributed by atoms with Gasteiger partial charge in [0.1, 0.15) is 5.82 Å². The Kier molecular flexibility index (Phi) is 4.40. The fourth-order valence-corrected chi connectivity index (χ4v) is 1.17. The van der Waals surface area contributed by atoms with Crippen LogP contribution in [0, 0.1) is 0 Å². The average Bonchev–Trinajstić information content (AvgIpc) is 2.16. The lowest BCUT2D eigenvalue weighted by Gasteiger charge is -2.08. The summed E-state index contributed by atoms with van der Waals surface area (Å²) in [6, 6.07) is 6.56. The van der Waals surface area contributed by atoms with Gasteiger partial charge in [0.05, 0.1) is 5.69 Å². The highest BCUT2D eigenvalue weighted by molar-refractivity contribution is 5.34. The summed E-state index contributed by atoms with van der Waals surface area (Å²) in [4.78, 5) is 4.46. The monoisotopic (exact) mass is 193 g/mol. The van der Waals surface area contributed by atoms with Crippen LogP contribution in [0.3, 0.4) is 0 Å². The summed E-state index contributed by atoms with van der Waals surface area (Å²) in [6.45, 7) is 8.08. The van der Waals surface area contributed by atoms with E-state index in [4.69, 9.17) is 0 Å². The normalized spacial score (nSPS) is 10.6. The van der Waals surface area contributed by atoms with Crippen LogP contribution < -0.4 is 10.6 Å². The molecule has 0 bridgehead atoms. The predicted octanol–water partition coefficient (Wildman–Crippen LogP) is 2.01. The molecule has 2 N–H and O–H groups in total. The van der Waals surface area contributed by atoms with Gasteiger partial charge in [0.2, 0.25) is 0 Å². The molecule has 0 aliphatic heterocycles. The largest absolute Gasteiger partial charge is 0.370 e. The lowest BCUT2D eigenvalue weighted by atomic mass is 10.3. The van der Waals surface area contributed by atoms with Crippen molar-refractivity contribution in [2.24, 2.45) is 0 Å². The average molecular weight is 193 g/mol. The second kappa shape index (κ2) is 5.60. The zero-order valence-corrected chi connectivity index (χ0v) is 9.17. The maximum Gasteiger partial charge on any atom is 0.126 e. The van der Waals surface area contributed by atoms with Crippen molar-refractivity contribution in [3.8, 4) is 0 Å². The van der Waals surface area contributed by atoms with E-state index in [9.17, 15) is 0 Å². The van der Waals surface area contributed by atoms with Gasteiger partial charge in [-0.05, 0) is 19.1 Å². The molecule has 3 heteroatoms. The van der Waals surface area contributed by atoms with E-state index in [0.29, 0.717) is 6.04 Å². The SMILES string of the molecule is CCNc1cccc(CNC(C)C)n1. The summed E-state index contributed by atoms with van der Waals surface area (Å²) in [5.74, 6) is 0.954. The number of anilines is 1. The van der Waals surface area contributed by atoms with Gasteiger partial charge in [-0.3, -0.25) is 0 Å². The summed E-state index contributed by atoms with van der Waals surface area (Å²) in [6.07, 6.45) is 0. The third-order valence-corrected chi connectivity index (χ3v) is 1.86. The number of hydrogen-bond donors (Lipinski definition) is 2. The summed E-state index contributed by atoms with van der Waals surface area (Å²) >= 11 is 0. The van der Waals surface area contributed by atoms with Crippen LogP contribution in [0.2, 0.25) is 0 Å². The maximum atomic E-state index is 4.46. The Bertz CT molecular complexity index is 271. The minimum absolute atomic E-state index is 0.500. The molecular formula is C11H19N3. The molecule has 0 fully saturated rings. The molecule has 0 radical (unpaired) electrons. The maximum absolute atomic E-state index is 4.46. The van der Waals surface area contributed by atoms with Gasteiger partial charge in [0.15, 0.2) is 0 Å². The molecule has 14 heavy (non-hydrogen) atoms. The van der Waals surface area contributed by atoms with Crippen LogP contribution >= 0.6 is 0 Å². The quantitative estimate of drug-likeness (QED) is 0.751. The number of aromatic nitrogens is 1. The molecule has 0 saturated carbocycles. The molecule has 0 atom stereocenters. The van der Waals surface area contributed by atoms with Gasteiger partial charge in [-0.2, -0.15) is 0 Å². The van der Waals surface area contributed by atoms with Gasteiger partial charge in [0.25, 0.3) is 0 Å². The highest BCUT2D eigenvalue weighted by Gasteiger charge is 1.97. The third-order valence-electron chi connectivity index (χ3n) is 1.86. The number of rotatable bonds is 5. The highest BCUT2D eigenvalue weighted by Crippen LogP contribution is 2.04. The van der Waals surface area contributed by atoms with E-state index in [2.05, 4.69) is 36.4 Å². The molecule has 0 unspecified atom stereocenters. The van der Waals surface area contributed by atoms with E-state index < -0.39 is 0 Å². The third kappa shape index (κ3) is 3.75. The van der Waals surface area contributed by atoms with E-state index in [1.165, 1.54) is 0 Å².